The molecule has 148 valence electrons. The van der Waals surface area contributed by atoms with Crippen molar-refractivity contribution in [1.29, 1.82) is 0 Å². The maximum absolute atomic E-state index is 13.5. The molecule has 1 amide bonds. The van der Waals surface area contributed by atoms with Gasteiger partial charge in [0.05, 0.1) is 11.4 Å². The van der Waals surface area contributed by atoms with E-state index in [1.54, 1.807) is 12.1 Å². The average Bonchev–Trinajstić information content (AvgIpc) is 3.24. The predicted octanol–water partition coefficient (Wildman–Crippen LogP) is 3.76. The molecule has 0 fully saturated rings. The number of aromatic amines is 1. The van der Waals surface area contributed by atoms with Crippen molar-refractivity contribution in [2.24, 2.45) is 0 Å². The quantitative estimate of drug-likeness (QED) is 0.681. The van der Waals surface area contributed by atoms with E-state index >= 15 is 0 Å². The molecule has 1 aromatic carbocycles. The van der Waals surface area contributed by atoms with Crippen LogP contribution in [0.3, 0.4) is 0 Å². The highest BCUT2D eigenvalue weighted by atomic mass is 19.1. The topological polar surface area (TPSA) is 75.6 Å². The van der Waals surface area contributed by atoms with Crippen molar-refractivity contribution in [2.75, 3.05) is 6.54 Å². The van der Waals surface area contributed by atoms with Gasteiger partial charge >= 0.3 is 0 Å². The number of carbonyl (C=O) groups is 1. The summed E-state index contributed by atoms with van der Waals surface area (Å²) >= 11 is 0. The average molecular weight is 383 g/mol. The lowest BCUT2D eigenvalue weighted by Gasteiger charge is -2.25. The maximum Gasteiger partial charge on any atom is 0.269 e. The standard InChI is InChI=1S/C21H26FN5O/c1-6-27-14(3)19(13(2)26-27)17-11-18(25-24-17)20(28)23-12-21(4,5)15-8-7-9-16(22)10-15/h7-11H,6,12H2,1-5H3,(H,23,28)(H,24,25). The molecular weight excluding hydrogens is 357 g/mol. The van der Waals surface area contributed by atoms with E-state index < -0.39 is 5.41 Å². The number of carbonyl (C=O) groups excluding carboxylic acids is 1. The molecule has 3 rings (SSSR count). The fourth-order valence-corrected chi connectivity index (χ4v) is 3.35. The third-order valence-corrected chi connectivity index (χ3v) is 5.06. The summed E-state index contributed by atoms with van der Waals surface area (Å²) in [6.45, 7) is 11.0. The first-order chi connectivity index (χ1) is 13.2. The monoisotopic (exact) mass is 383 g/mol. The number of H-pyrrole nitrogens is 1. The van der Waals surface area contributed by atoms with Crippen LogP contribution in [0.15, 0.2) is 30.3 Å². The van der Waals surface area contributed by atoms with E-state index in [0.29, 0.717) is 17.9 Å². The highest BCUT2D eigenvalue weighted by molar-refractivity contribution is 5.93. The first-order valence-electron chi connectivity index (χ1n) is 9.37. The third kappa shape index (κ3) is 3.83. The van der Waals surface area contributed by atoms with Crippen LogP contribution in [0.2, 0.25) is 0 Å². The van der Waals surface area contributed by atoms with Crippen LogP contribution in [0.5, 0.6) is 0 Å². The summed E-state index contributed by atoms with van der Waals surface area (Å²) < 4.78 is 15.4. The van der Waals surface area contributed by atoms with Crippen molar-refractivity contribution in [3.63, 3.8) is 0 Å². The van der Waals surface area contributed by atoms with Crippen LogP contribution in [0.1, 0.15) is 48.2 Å². The number of aromatic nitrogens is 4. The van der Waals surface area contributed by atoms with E-state index in [-0.39, 0.29) is 11.7 Å². The summed E-state index contributed by atoms with van der Waals surface area (Å²) in [5.41, 5.74) is 4.34. The molecule has 0 saturated carbocycles. The van der Waals surface area contributed by atoms with Crippen LogP contribution >= 0.6 is 0 Å². The summed E-state index contributed by atoms with van der Waals surface area (Å²) in [6.07, 6.45) is 0. The molecule has 0 radical (unpaired) electrons. The molecule has 0 bridgehead atoms. The van der Waals surface area contributed by atoms with Crippen molar-refractivity contribution in [1.82, 2.24) is 25.3 Å². The van der Waals surface area contributed by atoms with E-state index in [4.69, 9.17) is 0 Å². The molecule has 0 aliphatic heterocycles. The van der Waals surface area contributed by atoms with Gasteiger partial charge in [0.25, 0.3) is 5.91 Å². The Morgan fingerprint density at radius 3 is 2.68 bits per heavy atom. The Morgan fingerprint density at radius 1 is 1.29 bits per heavy atom. The van der Waals surface area contributed by atoms with E-state index in [1.165, 1.54) is 12.1 Å². The van der Waals surface area contributed by atoms with Crippen LogP contribution in [-0.2, 0) is 12.0 Å². The highest BCUT2D eigenvalue weighted by Crippen LogP contribution is 2.26. The second kappa shape index (κ2) is 7.58. The van der Waals surface area contributed by atoms with Gasteiger partial charge in [0.15, 0.2) is 0 Å². The van der Waals surface area contributed by atoms with Crippen molar-refractivity contribution < 1.29 is 9.18 Å². The fourth-order valence-electron chi connectivity index (χ4n) is 3.35. The highest BCUT2D eigenvalue weighted by Gasteiger charge is 2.23. The lowest BCUT2D eigenvalue weighted by atomic mass is 9.84. The molecule has 0 spiro atoms. The number of hydrogen-bond acceptors (Lipinski definition) is 3. The van der Waals surface area contributed by atoms with Gasteiger partial charge in [0, 0.05) is 29.8 Å². The van der Waals surface area contributed by atoms with Gasteiger partial charge in [0.1, 0.15) is 11.5 Å². The zero-order chi connectivity index (χ0) is 20.5. The maximum atomic E-state index is 13.5. The molecule has 6 nitrogen and oxygen atoms in total. The fraction of sp³-hybridized carbons (Fsp3) is 0.381. The Hall–Kier alpha value is -2.96. The zero-order valence-corrected chi connectivity index (χ0v) is 16.9. The molecule has 2 aromatic heterocycles. The Labute approximate surface area is 164 Å². The lowest BCUT2D eigenvalue weighted by Crippen LogP contribution is -2.36. The molecule has 0 saturated heterocycles. The second-order valence-corrected chi connectivity index (χ2v) is 7.61. The van der Waals surface area contributed by atoms with Crippen LogP contribution in [0.25, 0.3) is 11.3 Å². The summed E-state index contributed by atoms with van der Waals surface area (Å²) in [4.78, 5) is 12.6. The SMILES string of the molecule is CCn1nc(C)c(-c2cc(C(=O)NCC(C)(C)c3cccc(F)c3)[nH]n2)c1C. The summed E-state index contributed by atoms with van der Waals surface area (Å²) in [6, 6.07) is 8.19. The van der Waals surface area contributed by atoms with Gasteiger partial charge in [-0.1, -0.05) is 26.0 Å². The third-order valence-electron chi connectivity index (χ3n) is 5.06. The second-order valence-electron chi connectivity index (χ2n) is 7.61. The normalized spacial score (nSPS) is 11.6. The summed E-state index contributed by atoms with van der Waals surface area (Å²) in [5, 5.41) is 14.5. The lowest BCUT2D eigenvalue weighted by molar-refractivity contribution is 0.0940. The number of rotatable bonds is 6. The summed E-state index contributed by atoms with van der Waals surface area (Å²) in [5.74, 6) is -0.533. The first-order valence-corrected chi connectivity index (χ1v) is 9.37. The van der Waals surface area contributed by atoms with Crippen molar-refractivity contribution in [2.45, 2.75) is 46.6 Å². The molecule has 0 atom stereocenters. The number of amides is 1. The van der Waals surface area contributed by atoms with Gasteiger partial charge < -0.3 is 5.32 Å². The molecule has 0 aliphatic carbocycles. The molecule has 28 heavy (non-hydrogen) atoms. The molecule has 0 unspecified atom stereocenters. The molecule has 2 N–H and O–H groups in total. The first kappa shape index (κ1) is 19.8. The van der Waals surface area contributed by atoms with Gasteiger partial charge in [-0.25, -0.2) is 4.39 Å². The van der Waals surface area contributed by atoms with Gasteiger partial charge in [-0.15, -0.1) is 0 Å². The minimum atomic E-state index is -0.407. The van der Waals surface area contributed by atoms with E-state index in [9.17, 15) is 9.18 Å². The van der Waals surface area contributed by atoms with Crippen molar-refractivity contribution in [3.8, 4) is 11.3 Å². The van der Waals surface area contributed by atoms with Crippen LogP contribution in [0, 0.1) is 19.7 Å². The van der Waals surface area contributed by atoms with Gasteiger partial charge in [-0.05, 0) is 44.5 Å². The minimum absolute atomic E-state index is 0.249. The minimum Gasteiger partial charge on any atom is -0.350 e. The van der Waals surface area contributed by atoms with Crippen molar-refractivity contribution in [3.05, 3.63) is 58.8 Å². The number of nitrogens with one attached hydrogen (secondary N) is 2. The smallest absolute Gasteiger partial charge is 0.269 e. The van der Waals surface area contributed by atoms with Crippen LogP contribution < -0.4 is 5.32 Å². The number of nitrogens with zero attached hydrogens (tertiary/aromatic N) is 3. The van der Waals surface area contributed by atoms with Crippen molar-refractivity contribution >= 4 is 5.91 Å². The molecule has 3 aromatic rings. The number of hydrogen-bond donors (Lipinski definition) is 2. The largest absolute Gasteiger partial charge is 0.350 e. The van der Waals surface area contributed by atoms with E-state index in [1.807, 2.05) is 45.4 Å². The number of halogens is 1. The van der Waals surface area contributed by atoms with Gasteiger partial charge in [-0.2, -0.15) is 10.2 Å². The predicted molar refractivity (Wildman–Crippen MR) is 107 cm³/mol. The van der Waals surface area contributed by atoms with Crippen LogP contribution in [0.4, 0.5) is 4.39 Å². The number of aryl methyl sites for hydroxylation is 2. The number of benzene rings is 1. The van der Waals surface area contributed by atoms with Crippen LogP contribution in [-0.4, -0.2) is 32.4 Å². The van der Waals surface area contributed by atoms with Gasteiger partial charge in [0.2, 0.25) is 0 Å². The zero-order valence-electron chi connectivity index (χ0n) is 16.9. The Morgan fingerprint density at radius 2 is 2.04 bits per heavy atom. The Kier molecular flexibility index (Phi) is 5.36. The van der Waals surface area contributed by atoms with Gasteiger partial charge in [-0.3, -0.25) is 14.6 Å². The summed E-state index contributed by atoms with van der Waals surface area (Å²) in [7, 11) is 0. The molecular formula is C21H26FN5O. The Balaban J connectivity index is 1.74. The molecule has 0 aliphatic rings. The van der Waals surface area contributed by atoms with E-state index in [0.717, 1.165) is 29.1 Å². The molecule has 7 heteroatoms. The van der Waals surface area contributed by atoms with E-state index in [2.05, 4.69) is 20.6 Å². The molecule has 2 heterocycles. The Bertz CT molecular complexity index is 1000.